The van der Waals surface area contributed by atoms with Gasteiger partial charge in [0.1, 0.15) is 5.75 Å². The first kappa shape index (κ1) is 8.85. The number of hydrogen-bond donors (Lipinski definition) is 0. The molecule has 0 saturated carbocycles. The topological polar surface area (TPSA) is 9.23 Å². The number of benzene rings is 1. The zero-order valence-electron chi connectivity index (χ0n) is 7.63. The maximum Gasteiger partial charge on any atom is 0.126 e. The fraction of sp³-hybridized carbons (Fsp3) is 0.273. The third kappa shape index (κ3) is 1.67. The molecule has 12 heavy (non-hydrogen) atoms. The molecule has 0 N–H and O–H groups in total. The molecule has 0 spiro atoms. The molecule has 0 radical (unpaired) electrons. The Balaban J connectivity index is 3.09. The van der Waals surface area contributed by atoms with E-state index in [1.165, 1.54) is 5.56 Å². The van der Waals surface area contributed by atoms with E-state index in [1.54, 1.807) is 0 Å². The van der Waals surface area contributed by atoms with Gasteiger partial charge in [-0.25, -0.2) is 0 Å². The van der Waals surface area contributed by atoms with Crippen molar-refractivity contribution in [2.45, 2.75) is 13.8 Å². The molecule has 0 aromatic heterocycles. The third-order valence-electron chi connectivity index (χ3n) is 1.79. The van der Waals surface area contributed by atoms with Gasteiger partial charge in [0.15, 0.2) is 0 Å². The summed E-state index contributed by atoms with van der Waals surface area (Å²) in [5.41, 5.74) is 2.30. The standard InChI is InChI=1S/C11H14O/c1-4-10-9(3)7-6-8-11(10)12-5-2/h4,6-8H,1,5H2,2-3H3. The molecule has 1 aromatic rings. The van der Waals surface area contributed by atoms with Crippen LogP contribution in [0.4, 0.5) is 0 Å². The van der Waals surface area contributed by atoms with Crippen molar-refractivity contribution in [3.8, 4) is 5.75 Å². The smallest absolute Gasteiger partial charge is 0.126 e. The van der Waals surface area contributed by atoms with Crippen molar-refractivity contribution in [1.82, 2.24) is 0 Å². The summed E-state index contributed by atoms with van der Waals surface area (Å²) < 4.78 is 5.44. The lowest BCUT2D eigenvalue weighted by atomic mass is 10.1. The Morgan fingerprint density at radius 2 is 2.25 bits per heavy atom. The average Bonchev–Trinajstić information content (AvgIpc) is 2.05. The molecule has 1 rings (SSSR count). The van der Waals surface area contributed by atoms with Crippen molar-refractivity contribution < 1.29 is 4.74 Å². The van der Waals surface area contributed by atoms with Crippen LogP contribution in [0.1, 0.15) is 18.1 Å². The van der Waals surface area contributed by atoms with Crippen LogP contribution in [0.5, 0.6) is 5.75 Å². The van der Waals surface area contributed by atoms with Gasteiger partial charge in [0, 0.05) is 5.56 Å². The van der Waals surface area contributed by atoms with Crippen molar-refractivity contribution in [3.05, 3.63) is 35.9 Å². The highest BCUT2D eigenvalue weighted by Gasteiger charge is 2.00. The molecular weight excluding hydrogens is 148 g/mol. The van der Waals surface area contributed by atoms with Crippen LogP contribution in [0.3, 0.4) is 0 Å². The maximum absolute atomic E-state index is 5.44. The van der Waals surface area contributed by atoms with Gasteiger partial charge in [-0.2, -0.15) is 0 Å². The van der Waals surface area contributed by atoms with Gasteiger partial charge in [-0.15, -0.1) is 0 Å². The summed E-state index contributed by atoms with van der Waals surface area (Å²) in [6, 6.07) is 6.01. The molecule has 1 aromatic carbocycles. The van der Waals surface area contributed by atoms with Crippen LogP contribution >= 0.6 is 0 Å². The van der Waals surface area contributed by atoms with E-state index in [-0.39, 0.29) is 0 Å². The third-order valence-corrected chi connectivity index (χ3v) is 1.79. The minimum absolute atomic E-state index is 0.699. The number of ether oxygens (including phenoxy) is 1. The van der Waals surface area contributed by atoms with E-state index < -0.39 is 0 Å². The van der Waals surface area contributed by atoms with Crippen LogP contribution in [0.2, 0.25) is 0 Å². The van der Waals surface area contributed by atoms with Crippen LogP contribution in [-0.4, -0.2) is 6.61 Å². The van der Waals surface area contributed by atoms with Crippen LogP contribution in [0, 0.1) is 6.92 Å². The van der Waals surface area contributed by atoms with Crippen molar-refractivity contribution in [3.63, 3.8) is 0 Å². The Morgan fingerprint density at radius 1 is 1.50 bits per heavy atom. The largest absolute Gasteiger partial charge is 0.493 e. The summed E-state index contributed by atoms with van der Waals surface area (Å²) in [5, 5.41) is 0. The molecule has 0 saturated heterocycles. The molecule has 1 heteroatoms. The summed E-state index contributed by atoms with van der Waals surface area (Å²) in [5.74, 6) is 0.924. The lowest BCUT2D eigenvalue weighted by molar-refractivity contribution is 0.339. The van der Waals surface area contributed by atoms with Crippen molar-refractivity contribution in [2.24, 2.45) is 0 Å². The number of rotatable bonds is 3. The van der Waals surface area contributed by atoms with E-state index in [2.05, 4.69) is 19.6 Å². The van der Waals surface area contributed by atoms with Gasteiger partial charge < -0.3 is 4.74 Å². The van der Waals surface area contributed by atoms with Gasteiger partial charge in [-0.3, -0.25) is 0 Å². The van der Waals surface area contributed by atoms with Crippen molar-refractivity contribution in [2.75, 3.05) is 6.61 Å². The summed E-state index contributed by atoms with van der Waals surface area (Å²) >= 11 is 0. The predicted molar refractivity (Wildman–Crippen MR) is 52.4 cm³/mol. The highest BCUT2D eigenvalue weighted by Crippen LogP contribution is 2.22. The van der Waals surface area contributed by atoms with Crippen LogP contribution < -0.4 is 4.74 Å². The first-order chi connectivity index (χ1) is 5.79. The van der Waals surface area contributed by atoms with Crippen LogP contribution in [-0.2, 0) is 0 Å². The van der Waals surface area contributed by atoms with Crippen molar-refractivity contribution in [1.29, 1.82) is 0 Å². The molecule has 1 nitrogen and oxygen atoms in total. The number of hydrogen-bond acceptors (Lipinski definition) is 1. The average molecular weight is 162 g/mol. The van der Waals surface area contributed by atoms with Crippen LogP contribution in [0.25, 0.3) is 6.08 Å². The second-order valence-electron chi connectivity index (χ2n) is 2.62. The summed E-state index contributed by atoms with van der Waals surface area (Å²) in [6.45, 7) is 8.49. The minimum Gasteiger partial charge on any atom is -0.493 e. The molecule has 0 fully saturated rings. The van der Waals surface area contributed by atoms with E-state index >= 15 is 0 Å². The highest BCUT2D eigenvalue weighted by atomic mass is 16.5. The summed E-state index contributed by atoms with van der Waals surface area (Å²) in [4.78, 5) is 0. The summed E-state index contributed by atoms with van der Waals surface area (Å²) in [6.07, 6.45) is 1.83. The van der Waals surface area contributed by atoms with E-state index in [1.807, 2.05) is 25.1 Å². The first-order valence-corrected chi connectivity index (χ1v) is 4.14. The Morgan fingerprint density at radius 3 is 2.83 bits per heavy atom. The van der Waals surface area contributed by atoms with E-state index in [4.69, 9.17) is 4.74 Å². The summed E-state index contributed by atoms with van der Waals surface area (Å²) in [7, 11) is 0. The second-order valence-corrected chi connectivity index (χ2v) is 2.62. The quantitative estimate of drug-likeness (QED) is 0.663. The molecule has 0 atom stereocenters. The molecule has 0 amide bonds. The van der Waals surface area contributed by atoms with Gasteiger partial charge in [-0.05, 0) is 25.5 Å². The molecule has 0 aliphatic rings. The van der Waals surface area contributed by atoms with Gasteiger partial charge in [-0.1, -0.05) is 24.8 Å². The maximum atomic E-state index is 5.44. The lowest BCUT2D eigenvalue weighted by Crippen LogP contribution is -1.94. The zero-order chi connectivity index (χ0) is 8.97. The molecule has 64 valence electrons. The molecular formula is C11H14O. The first-order valence-electron chi connectivity index (χ1n) is 4.14. The van der Waals surface area contributed by atoms with Gasteiger partial charge in [0.05, 0.1) is 6.61 Å². The molecule has 0 unspecified atom stereocenters. The SMILES string of the molecule is C=Cc1c(C)cccc1OCC. The van der Waals surface area contributed by atoms with Gasteiger partial charge in [0.2, 0.25) is 0 Å². The van der Waals surface area contributed by atoms with Gasteiger partial charge in [0.25, 0.3) is 0 Å². The fourth-order valence-electron chi connectivity index (χ4n) is 1.20. The van der Waals surface area contributed by atoms with Crippen molar-refractivity contribution >= 4 is 6.08 Å². The number of aryl methyl sites for hydroxylation is 1. The van der Waals surface area contributed by atoms with E-state index in [0.29, 0.717) is 6.61 Å². The monoisotopic (exact) mass is 162 g/mol. The molecule has 0 bridgehead atoms. The molecule has 0 heterocycles. The Bertz CT molecular complexity index is 276. The zero-order valence-corrected chi connectivity index (χ0v) is 7.63. The fourth-order valence-corrected chi connectivity index (χ4v) is 1.20. The second kappa shape index (κ2) is 3.96. The van der Waals surface area contributed by atoms with E-state index in [0.717, 1.165) is 11.3 Å². The predicted octanol–water partition coefficient (Wildman–Crippen LogP) is 3.04. The Labute approximate surface area is 73.7 Å². The van der Waals surface area contributed by atoms with Crippen LogP contribution in [0.15, 0.2) is 24.8 Å². The lowest BCUT2D eigenvalue weighted by Gasteiger charge is -2.08. The Hall–Kier alpha value is -1.24. The highest BCUT2D eigenvalue weighted by molar-refractivity contribution is 5.59. The molecule has 0 aliphatic heterocycles. The van der Waals surface area contributed by atoms with Gasteiger partial charge >= 0.3 is 0 Å². The molecule has 0 aliphatic carbocycles. The Kier molecular flexibility index (Phi) is 2.92. The van der Waals surface area contributed by atoms with E-state index in [9.17, 15) is 0 Å². The minimum atomic E-state index is 0.699. The normalized spacial score (nSPS) is 9.50.